The van der Waals surface area contributed by atoms with E-state index in [9.17, 15) is 18.4 Å². The predicted molar refractivity (Wildman–Crippen MR) is 90.8 cm³/mol. The third kappa shape index (κ3) is 5.93. The summed E-state index contributed by atoms with van der Waals surface area (Å²) in [6.07, 6.45) is 0. The molecule has 8 heteroatoms. The van der Waals surface area contributed by atoms with Crippen molar-refractivity contribution < 1.29 is 23.1 Å². The second-order valence-corrected chi connectivity index (χ2v) is 6.54. The van der Waals surface area contributed by atoms with Crippen LogP contribution in [-0.2, 0) is 14.3 Å². The number of ether oxygens (including phenoxy) is 1. The molecule has 0 aromatic heterocycles. The van der Waals surface area contributed by atoms with Gasteiger partial charge in [-0.05, 0) is 36.4 Å². The lowest BCUT2D eigenvalue weighted by Crippen LogP contribution is -2.22. The summed E-state index contributed by atoms with van der Waals surface area (Å²) in [7, 11) is 0. The Morgan fingerprint density at radius 1 is 1.12 bits per heavy atom. The van der Waals surface area contributed by atoms with Gasteiger partial charge in [-0.1, -0.05) is 15.9 Å². The van der Waals surface area contributed by atoms with Crippen LogP contribution in [0, 0.1) is 11.6 Å². The first-order chi connectivity index (χ1) is 11.4. The fourth-order valence-electron chi connectivity index (χ4n) is 1.64. The molecule has 0 saturated carbocycles. The van der Waals surface area contributed by atoms with E-state index in [1.165, 1.54) is 11.8 Å². The molecule has 0 unspecified atom stereocenters. The number of thioether (sulfide) groups is 1. The molecule has 24 heavy (non-hydrogen) atoms. The predicted octanol–water partition coefficient (Wildman–Crippen LogP) is 4.00. The van der Waals surface area contributed by atoms with E-state index in [1.54, 1.807) is 0 Å². The molecule has 2 aromatic rings. The van der Waals surface area contributed by atoms with Gasteiger partial charge in [0.15, 0.2) is 6.61 Å². The minimum atomic E-state index is -0.902. The summed E-state index contributed by atoms with van der Waals surface area (Å²) in [5.74, 6) is -2.89. The molecule has 0 aliphatic carbocycles. The Hall–Kier alpha value is -1.93. The highest BCUT2D eigenvalue weighted by atomic mass is 79.9. The molecule has 2 rings (SSSR count). The largest absolute Gasteiger partial charge is 0.455 e. The number of anilines is 1. The van der Waals surface area contributed by atoms with E-state index in [2.05, 4.69) is 21.2 Å². The van der Waals surface area contributed by atoms with E-state index < -0.39 is 30.1 Å². The molecule has 4 nitrogen and oxygen atoms in total. The summed E-state index contributed by atoms with van der Waals surface area (Å²) in [6, 6.07) is 10.1. The first-order valence-electron chi connectivity index (χ1n) is 6.73. The number of halogens is 3. The number of amides is 1. The maximum absolute atomic E-state index is 13.4. The van der Waals surface area contributed by atoms with E-state index in [-0.39, 0.29) is 11.4 Å². The van der Waals surface area contributed by atoms with Crippen LogP contribution in [-0.4, -0.2) is 24.2 Å². The zero-order chi connectivity index (χ0) is 17.5. The highest BCUT2D eigenvalue weighted by Gasteiger charge is 2.11. The van der Waals surface area contributed by atoms with Crippen LogP contribution in [0.15, 0.2) is 51.8 Å². The third-order valence-corrected chi connectivity index (χ3v) is 4.25. The molecule has 0 radical (unpaired) electrons. The molecule has 0 spiro atoms. The maximum atomic E-state index is 13.4. The minimum Gasteiger partial charge on any atom is -0.455 e. The summed E-state index contributed by atoms with van der Waals surface area (Å²) in [5.41, 5.74) is -0.179. The zero-order valence-corrected chi connectivity index (χ0v) is 14.6. The Bertz CT molecular complexity index is 741. The van der Waals surface area contributed by atoms with Gasteiger partial charge in [-0.3, -0.25) is 9.59 Å². The molecule has 1 N–H and O–H groups in total. The molecule has 2 aromatic carbocycles. The van der Waals surface area contributed by atoms with Gasteiger partial charge in [0, 0.05) is 15.4 Å². The Labute approximate surface area is 149 Å². The van der Waals surface area contributed by atoms with Crippen LogP contribution in [0.25, 0.3) is 0 Å². The molecule has 0 fully saturated rings. The minimum absolute atomic E-state index is 0.0415. The zero-order valence-electron chi connectivity index (χ0n) is 12.2. The van der Waals surface area contributed by atoms with Crippen molar-refractivity contribution in [2.24, 2.45) is 0 Å². The highest BCUT2D eigenvalue weighted by molar-refractivity contribution is 9.10. The topological polar surface area (TPSA) is 55.4 Å². The number of esters is 1. The maximum Gasteiger partial charge on any atom is 0.316 e. The third-order valence-electron chi connectivity index (χ3n) is 2.74. The quantitative estimate of drug-likeness (QED) is 0.572. The summed E-state index contributed by atoms with van der Waals surface area (Å²) >= 11 is 4.58. The smallest absolute Gasteiger partial charge is 0.316 e. The number of hydrogen-bond acceptors (Lipinski definition) is 4. The first-order valence-corrected chi connectivity index (χ1v) is 8.51. The molecule has 1 amide bonds. The number of nitrogens with one attached hydrogen (secondary N) is 1. The lowest BCUT2D eigenvalue weighted by atomic mass is 10.3. The van der Waals surface area contributed by atoms with Gasteiger partial charge in [-0.25, -0.2) is 8.78 Å². The van der Waals surface area contributed by atoms with Gasteiger partial charge in [0.05, 0.1) is 11.4 Å². The van der Waals surface area contributed by atoms with E-state index >= 15 is 0 Å². The number of carbonyl (C=O) groups is 2. The van der Waals surface area contributed by atoms with Crippen LogP contribution in [0.2, 0.25) is 0 Å². The number of rotatable bonds is 6. The van der Waals surface area contributed by atoms with Crippen molar-refractivity contribution in [3.05, 3.63) is 58.6 Å². The van der Waals surface area contributed by atoms with Gasteiger partial charge in [-0.15, -0.1) is 11.8 Å². The summed E-state index contributed by atoms with van der Waals surface area (Å²) in [6.45, 7) is -0.545. The van der Waals surface area contributed by atoms with Crippen molar-refractivity contribution in [3.8, 4) is 0 Å². The Kier molecular flexibility index (Phi) is 6.74. The molecular weight excluding hydrogens is 404 g/mol. The van der Waals surface area contributed by atoms with Gasteiger partial charge in [-0.2, -0.15) is 0 Å². The molecule has 0 aliphatic rings. The molecule has 0 heterocycles. The van der Waals surface area contributed by atoms with Crippen molar-refractivity contribution in [3.63, 3.8) is 0 Å². The highest BCUT2D eigenvalue weighted by Crippen LogP contribution is 2.20. The number of carbonyl (C=O) groups excluding carboxylic acids is 2. The SMILES string of the molecule is O=C(COC(=O)CSc1ccc(Br)cc1)Nc1ccc(F)cc1F. The molecule has 0 aliphatic heterocycles. The van der Waals surface area contributed by atoms with E-state index in [0.717, 1.165) is 21.5 Å². The normalized spacial score (nSPS) is 10.3. The standard InChI is InChI=1S/C16H12BrF2NO3S/c17-10-1-4-12(5-2-10)24-9-16(22)23-8-15(21)20-14-6-3-11(18)7-13(14)19/h1-7H,8-9H2,(H,20,21). The van der Waals surface area contributed by atoms with E-state index in [4.69, 9.17) is 4.74 Å². The molecule has 0 saturated heterocycles. The fraction of sp³-hybridized carbons (Fsp3) is 0.125. The van der Waals surface area contributed by atoms with Gasteiger partial charge >= 0.3 is 5.97 Å². The fourth-order valence-corrected chi connectivity index (χ4v) is 2.60. The van der Waals surface area contributed by atoms with Crippen LogP contribution in [0.4, 0.5) is 14.5 Å². The van der Waals surface area contributed by atoms with Crippen molar-refractivity contribution >= 4 is 45.3 Å². The molecular formula is C16H12BrF2NO3S. The molecule has 0 bridgehead atoms. The lowest BCUT2D eigenvalue weighted by Gasteiger charge is -2.07. The van der Waals surface area contributed by atoms with Crippen LogP contribution in [0.1, 0.15) is 0 Å². The lowest BCUT2D eigenvalue weighted by molar-refractivity contribution is -0.144. The number of hydrogen-bond donors (Lipinski definition) is 1. The van der Waals surface area contributed by atoms with Gasteiger partial charge < -0.3 is 10.1 Å². The average Bonchev–Trinajstić information content (AvgIpc) is 2.55. The van der Waals surface area contributed by atoms with Crippen LogP contribution >= 0.6 is 27.7 Å². The van der Waals surface area contributed by atoms with Crippen molar-refractivity contribution in [1.82, 2.24) is 0 Å². The summed E-state index contributed by atoms with van der Waals surface area (Å²) in [4.78, 5) is 24.1. The van der Waals surface area contributed by atoms with Crippen molar-refractivity contribution in [2.45, 2.75) is 4.90 Å². The van der Waals surface area contributed by atoms with Gasteiger partial charge in [0.1, 0.15) is 11.6 Å². The van der Waals surface area contributed by atoms with Gasteiger partial charge in [0.2, 0.25) is 0 Å². The van der Waals surface area contributed by atoms with Crippen LogP contribution in [0.3, 0.4) is 0 Å². The average molecular weight is 416 g/mol. The monoisotopic (exact) mass is 415 g/mol. The molecule has 0 atom stereocenters. The number of benzene rings is 2. The van der Waals surface area contributed by atoms with E-state index in [1.807, 2.05) is 24.3 Å². The second kappa shape index (κ2) is 8.79. The Morgan fingerprint density at radius 2 is 1.83 bits per heavy atom. The molecule has 126 valence electrons. The van der Waals surface area contributed by atoms with Crippen molar-refractivity contribution in [1.29, 1.82) is 0 Å². The van der Waals surface area contributed by atoms with Crippen molar-refractivity contribution in [2.75, 3.05) is 17.7 Å². The summed E-state index contributed by atoms with van der Waals surface area (Å²) < 4.78 is 31.9. The van der Waals surface area contributed by atoms with Gasteiger partial charge in [0.25, 0.3) is 5.91 Å². The first kappa shape index (κ1) is 18.4. The second-order valence-electron chi connectivity index (χ2n) is 4.58. The Morgan fingerprint density at radius 3 is 2.50 bits per heavy atom. The van der Waals surface area contributed by atoms with Crippen LogP contribution in [0.5, 0.6) is 0 Å². The summed E-state index contributed by atoms with van der Waals surface area (Å²) in [5, 5.41) is 2.20. The Balaban J connectivity index is 1.74. The van der Waals surface area contributed by atoms with E-state index in [0.29, 0.717) is 6.07 Å². The van der Waals surface area contributed by atoms with Crippen LogP contribution < -0.4 is 5.32 Å².